The van der Waals surface area contributed by atoms with Gasteiger partial charge in [0.2, 0.25) is 0 Å². The zero-order chi connectivity index (χ0) is 21.4. The lowest BCUT2D eigenvalue weighted by molar-refractivity contribution is 0.156. The maximum atomic E-state index is 14.1. The summed E-state index contributed by atoms with van der Waals surface area (Å²) in [7, 11) is 0. The van der Waals surface area contributed by atoms with E-state index < -0.39 is 0 Å². The van der Waals surface area contributed by atoms with Crippen LogP contribution in [0, 0.1) is 11.6 Å². The number of anilines is 2. The molecular formula is C24H27F2N3O2. The van der Waals surface area contributed by atoms with Crippen molar-refractivity contribution >= 4 is 17.5 Å². The van der Waals surface area contributed by atoms with E-state index in [9.17, 15) is 13.6 Å². The van der Waals surface area contributed by atoms with Crippen LogP contribution in [0.3, 0.4) is 0 Å². The Hall–Kier alpha value is -2.67. The number of cyclic esters (lactones) is 1. The molecule has 2 aromatic rings. The number of carbonyl (C=O) groups excluding carboxylic acids is 1. The molecule has 2 atom stereocenters. The largest absolute Gasteiger partial charge is 0.448 e. The maximum absolute atomic E-state index is 14.1. The summed E-state index contributed by atoms with van der Waals surface area (Å²) in [6, 6.07) is 11.9. The van der Waals surface area contributed by atoms with Crippen LogP contribution < -0.4 is 4.90 Å². The predicted molar refractivity (Wildman–Crippen MR) is 115 cm³/mol. The molecule has 0 aromatic heterocycles. The average molecular weight is 427 g/mol. The van der Waals surface area contributed by atoms with Crippen molar-refractivity contribution in [1.82, 2.24) is 9.80 Å². The lowest BCUT2D eigenvalue weighted by atomic mass is 9.89. The minimum Gasteiger partial charge on any atom is -0.448 e. The number of piperidine rings is 1. The Morgan fingerprint density at radius 1 is 0.968 bits per heavy atom. The molecule has 5 rings (SSSR count). The molecule has 0 spiro atoms. The number of fused-ring (bicyclic) bond motifs is 3. The van der Waals surface area contributed by atoms with E-state index in [0.717, 1.165) is 62.4 Å². The third-order valence-corrected chi connectivity index (χ3v) is 6.74. The summed E-state index contributed by atoms with van der Waals surface area (Å²) in [6.07, 6.45) is 2.73. The van der Waals surface area contributed by atoms with E-state index in [4.69, 9.17) is 4.74 Å². The van der Waals surface area contributed by atoms with Gasteiger partial charge in [-0.3, -0.25) is 0 Å². The molecule has 3 aliphatic heterocycles. The van der Waals surface area contributed by atoms with Crippen LogP contribution in [0.1, 0.15) is 30.7 Å². The van der Waals surface area contributed by atoms with Crippen LogP contribution in [0.2, 0.25) is 0 Å². The molecule has 1 amide bonds. The van der Waals surface area contributed by atoms with E-state index in [2.05, 4.69) is 9.80 Å². The van der Waals surface area contributed by atoms with Crippen molar-refractivity contribution in [2.45, 2.75) is 31.2 Å². The molecule has 164 valence electrons. The van der Waals surface area contributed by atoms with Gasteiger partial charge in [0.15, 0.2) is 0 Å². The monoisotopic (exact) mass is 427 g/mol. The van der Waals surface area contributed by atoms with Gasteiger partial charge in [-0.15, -0.1) is 0 Å². The summed E-state index contributed by atoms with van der Waals surface area (Å²) in [5, 5.41) is 0. The molecule has 2 fully saturated rings. The van der Waals surface area contributed by atoms with Crippen molar-refractivity contribution in [3.05, 3.63) is 59.7 Å². The van der Waals surface area contributed by atoms with Crippen molar-refractivity contribution in [2.75, 3.05) is 44.2 Å². The highest BCUT2D eigenvalue weighted by molar-refractivity contribution is 5.73. The van der Waals surface area contributed by atoms with E-state index in [0.29, 0.717) is 13.2 Å². The molecule has 7 heteroatoms. The number of carbonyl (C=O) groups is 1. The second-order valence-electron chi connectivity index (χ2n) is 8.62. The fourth-order valence-electron chi connectivity index (χ4n) is 5.24. The van der Waals surface area contributed by atoms with Gasteiger partial charge in [0.25, 0.3) is 0 Å². The number of likely N-dealkylation sites (tertiary alicyclic amines) is 1. The van der Waals surface area contributed by atoms with Crippen molar-refractivity contribution in [3.63, 3.8) is 0 Å². The van der Waals surface area contributed by atoms with Crippen molar-refractivity contribution < 1.29 is 18.3 Å². The summed E-state index contributed by atoms with van der Waals surface area (Å²) in [5.74, 6) is -0.248. The number of halogens is 2. The SMILES string of the molecule is O=C1OCCN1CCCCN1CCC2C(C1)c1cc(F)ccc1N2c1ccc(F)cc1. The van der Waals surface area contributed by atoms with Gasteiger partial charge in [-0.25, -0.2) is 13.6 Å². The van der Waals surface area contributed by atoms with E-state index in [1.165, 1.54) is 18.2 Å². The number of hydrogen-bond acceptors (Lipinski definition) is 4. The first-order valence-corrected chi connectivity index (χ1v) is 11.1. The zero-order valence-corrected chi connectivity index (χ0v) is 17.5. The number of ether oxygens (including phenoxy) is 1. The molecule has 2 saturated heterocycles. The fraction of sp³-hybridized carbons (Fsp3) is 0.458. The second-order valence-corrected chi connectivity index (χ2v) is 8.62. The minimum atomic E-state index is -0.254. The van der Waals surface area contributed by atoms with Crippen LogP contribution in [0.4, 0.5) is 25.0 Å². The zero-order valence-electron chi connectivity index (χ0n) is 17.5. The van der Waals surface area contributed by atoms with Crippen LogP contribution in [-0.2, 0) is 4.74 Å². The Labute approximate surface area is 181 Å². The van der Waals surface area contributed by atoms with Gasteiger partial charge >= 0.3 is 6.09 Å². The van der Waals surface area contributed by atoms with Gasteiger partial charge in [-0.1, -0.05) is 0 Å². The topological polar surface area (TPSA) is 36.0 Å². The quantitative estimate of drug-likeness (QED) is 0.636. The van der Waals surface area contributed by atoms with Crippen molar-refractivity contribution in [1.29, 1.82) is 0 Å². The lowest BCUT2D eigenvalue weighted by Gasteiger charge is -2.39. The second kappa shape index (κ2) is 8.46. The highest BCUT2D eigenvalue weighted by Crippen LogP contribution is 2.48. The summed E-state index contributed by atoms with van der Waals surface area (Å²) in [5.41, 5.74) is 3.02. The fourth-order valence-corrected chi connectivity index (χ4v) is 5.24. The van der Waals surface area contributed by atoms with Crippen LogP contribution in [-0.4, -0.2) is 61.3 Å². The smallest absolute Gasteiger partial charge is 0.409 e. The number of unbranched alkanes of at least 4 members (excludes halogenated alkanes) is 1. The summed E-state index contributed by atoms with van der Waals surface area (Å²) >= 11 is 0. The predicted octanol–water partition coefficient (Wildman–Crippen LogP) is 4.51. The minimum absolute atomic E-state index is 0.203. The molecule has 0 bridgehead atoms. The maximum Gasteiger partial charge on any atom is 0.409 e. The Kier molecular flexibility index (Phi) is 5.52. The Balaban J connectivity index is 1.26. The van der Waals surface area contributed by atoms with E-state index in [1.807, 2.05) is 6.07 Å². The van der Waals surface area contributed by atoms with E-state index in [-0.39, 0.29) is 29.7 Å². The molecular weight excluding hydrogens is 400 g/mol. The van der Waals surface area contributed by atoms with Crippen LogP contribution in [0.15, 0.2) is 42.5 Å². The van der Waals surface area contributed by atoms with E-state index in [1.54, 1.807) is 23.1 Å². The Bertz CT molecular complexity index is 952. The molecule has 0 N–H and O–H groups in total. The van der Waals surface area contributed by atoms with Crippen molar-refractivity contribution in [2.24, 2.45) is 0 Å². The first-order valence-electron chi connectivity index (χ1n) is 11.1. The van der Waals surface area contributed by atoms with E-state index >= 15 is 0 Å². The molecule has 0 aliphatic carbocycles. The molecule has 3 aliphatic rings. The molecule has 0 saturated carbocycles. The molecule has 5 nitrogen and oxygen atoms in total. The highest BCUT2D eigenvalue weighted by Gasteiger charge is 2.42. The average Bonchev–Trinajstić information content (AvgIpc) is 3.32. The van der Waals surface area contributed by atoms with Gasteiger partial charge in [-0.2, -0.15) is 0 Å². The van der Waals surface area contributed by atoms with Gasteiger partial charge in [-0.05, 0) is 73.8 Å². The third-order valence-electron chi connectivity index (χ3n) is 6.74. The molecule has 3 heterocycles. The summed E-state index contributed by atoms with van der Waals surface area (Å²) in [4.78, 5) is 18.0. The number of nitrogens with zero attached hydrogens (tertiary/aromatic N) is 3. The van der Waals surface area contributed by atoms with Gasteiger partial charge in [0.1, 0.15) is 18.2 Å². The van der Waals surface area contributed by atoms with Crippen LogP contribution in [0.25, 0.3) is 0 Å². The number of rotatable bonds is 6. The Morgan fingerprint density at radius 2 is 1.74 bits per heavy atom. The number of amides is 1. The van der Waals surface area contributed by atoms with Gasteiger partial charge in [0, 0.05) is 43.0 Å². The first kappa shape index (κ1) is 20.2. The lowest BCUT2D eigenvalue weighted by Crippen LogP contribution is -2.45. The number of hydrogen-bond donors (Lipinski definition) is 0. The van der Waals surface area contributed by atoms with Gasteiger partial charge in [0.05, 0.1) is 6.54 Å². The van der Waals surface area contributed by atoms with Crippen LogP contribution in [0.5, 0.6) is 0 Å². The molecule has 2 unspecified atom stereocenters. The highest BCUT2D eigenvalue weighted by atomic mass is 19.1. The first-order chi connectivity index (χ1) is 15.1. The summed E-state index contributed by atoms with van der Waals surface area (Å²) < 4.78 is 32.6. The van der Waals surface area contributed by atoms with Crippen LogP contribution >= 0.6 is 0 Å². The molecule has 31 heavy (non-hydrogen) atoms. The third kappa shape index (κ3) is 3.99. The molecule has 0 radical (unpaired) electrons. The van der Waals surface area contributed by atoms with Gasteiger partial charge < -0.3 is 19.4 Å². The number of benzene rings is 2. The standard InChI is InChI=1S/C24H27F2N3O2/c25-17-3-6-19(7-4-17)29-22-8-5-18(26)15-20(22)21-16-27(12-9-23(21)29)10-1-2-11-28-13-14-31-24(28)30/h3-8,15,21,23H,1-2,9-14,16H2. The Morgan fingerprint density at radius 3 is 2.52 bits per heavy atom. The summed E-state index contributed by atoms with van der Waals surface area (Å²) in [6.45, 7) is 4.74. The van der Waals surface area contributed by atoms with Crippen molar-refractivity contribution in [3.8, 4) is 0 Å². The normalized spacial score (nSPS) is 23.1. The molecule has 2 aromatic carbocycles.